The molecule has 2 nitrogen and oxygen atoms in total. The van der Waals surface area contributed by atoms with E-state index < -0.39 is 0 Å². The summed E-state index contributed by atoms with van der Waals surface area (Å²) in [5.74, 6) is 0. The summed E-state index contributed by atoms with van der Waals surface area (Å²) >= 11 is 6.15. The number of benzene rings is 2. The van der Waals surface area contributed by atoms with Crippen LogP contribution in [0.15, 0.2) is 36.4 Å². The lowest BCUT2D eigenvalue weighted by Gasteiger charge is -2.08. The van der Waals surface area contributed by atoms with Crippen molar-refractivity contribution in [3.63, 3.8) is 0 Å². The highest BCUT2D eigenvalue weighted by Crippen LogP contribution is 2.25. The summed E-state index contributed by atoms with van der Waals surface area (Å²) in [6.45, 7) is 2.32. The Hall–Kier alpha value is -1.09. The maximum absolute atomic E-state index is 6.15. The van der Waals surface area contributed by atoms with Gasteiger partial charge in [-0.3, -0.25) is 0 Å². The van der Waals surface area contributed by atoms with Gasteiger partial charge in [0.1, 0.15) is 0 Å². The van der Waals surface area contributed by atoms with Gasteiger partial charge in [0.2, 0.25) is 0 Å². The fourth-order valence-electron chi connectivity index (χ4n) is 1.82. The molecule has 0 radical (unpaired) electrons. The van der Waals surface area contributed by atoms with Crippen molar-refractivity contribution in [2.75, 3.05) is 13.1 Å². The Morgan fingerprint density at radius 1 is 1.06 bits per heavy atom. The summed E-state index contributed by atoms with van der Waals surface area (Å²) in [6.07, 6.45) is 0. The molecule has 3 N–H and O–H groups in total. The third kappa shape index (κ3) is 2.35. The van der Waals surface area contributed by atoms with Gasteiger partial charge in [-0.15, -0.1) is 0 Å². The molecule has 0 heterocycles. The minimum absolute atomic E-state index is 0.658. The first-order valence-electron chi connectivity index (χ1n) is 5.40. The zero-order valence-electron chi connectivity index (χ0n) is 9.04. The molecule has 2 aromatic rings. The standard InChI is InChI=1S/C13H15ClN2/c14-13-6-2-4-11-10(9-16-8-7-15)3-1-5-12(11)13/h1-6,16H,7-9,15H2. The molecule has 16 heavy (non-hydrogen) atoms. The van der Waals surface area contributed by atoms with Crippen LogP contribution in [0.2, 0.25) is 5.02 Å². The van der Waals surface area contributed by atoms with Crippen LogP contribution in [0.1, 0.15) is 5.56 Å². The van der Waals surface area contributed by atoms with E-state index in [2.05, 4.69) is 17.4 Å². The van der Waals surface area contributed by atoms with Gasteiger partial charge in [0, 0.05) is 30.0 Å². The van der Waals surface area contributed by atoms with Gasteiger partial charge < -0.3 is 11.1 Å². The van der Waals surface area contributed by atoms with Crippen molar-refractivity contribution in [1.82, 2.24) is 5.32 Å². The molecule has 0 spiro atoms. The number of halogens is 1. The minimum atomic E-state index is 0.658. The molecule has 0 unspecified atom stereocenters. The van der Waals surface area contributed by atoms with Crippen molar-refractivity contribution in [2.45, 2.75) is 6.54 Å². The Morgan fingerprint density at radius 2 is 1.81 bits per heavy atom. The molecular weight excluding hydrogens is 220 g/mol. The highest BCUT2D eigenvalue weighted by Gasteiger charge is 2.02. The molecule has 3 heteroatoms. The third-order valence-corrected chi connectivity index (χ3v) is 2.93. The van der Waals surface area contributed by atoms with Crippen LogP contribution in [0.3, 0.4) is 0 Å². The van der Waals surface area contributed by atoms with E-state index in [0.717, 1.165) is 23.5 Å². The van der Waals surface area contributed by atoms with E-state index in [9.17, 15) is 0 Å². The van der Waals surface area contributed by atoms with Gasteiger partial charge in [-0.2, -0.15) is 0 Å². The summed E-state index contributed by atoms with van der Waals surface area (Å²) in [6, 6.07) is 12.2. The second-order valence-corrected chi connectivity index (χ2v) is 4.12. The number of nitrogens with two attached hydrogens (primary N) is 1. The van der Waals surface area contributed by atoms with Crippen LogP contribution in [0, 0.1) is 0 Å². The number of rotatable bonds is 4. The van der Waals surface area contributed by atoms with Gasteiger partial charge in [-0.25, -0.2) is 0 Å². The monoisotopic (exact) mass is 234 g/mol. The lowest BCUT2D eigenvalue weighted by Crippen LogP contribution is -2.21. The highest BCUT2D eigenvalue weighted by molar-refractivity contribution is 6.35. The molecule has 0 saturated heterocycles. The van der Waals surface area contributed by atoms with Crippen LogP contribution >= 0.6 is 11.6 Å². The van der Waals surface area contributed by atoms with Crippen molar-refractivity contribution in [2.24, 2.45) is 5.73 Å². The summed E-state index contributed by atoms with van der Waals surface area (Å²) < 4.78 is 0. The number of nitrogens with one attached hydrogen (secondary N) is 1. The van der Waals surface area contributed by atoms with E-state index in [1.54, 1.807) is 0 Å². The van der Waals surface area contributed by atoms with E-state index in [1.807, 2.05) is 24.3 Å². The summed E-state index contributed by atoms with van der Waals surface area (Å²) in [7, 11) is 0. The smallest absolute Gasteiger partial charge is 0.0484 e. The van der Waals surface area contributed by atoms with Crippen LogP contribution < -0.4 is 11.1 Å². The number of fused-ring (bicyclic) bond motifs is 1. The van der Waals surface area contributed by atoms with Crippen LogP contribution in [-0.2, 0) is 6.54 Å². The molecule has 0 atom stereocenters. The highest BCUT2D eigenvalue weighted by atomic mass is 35.5. The first-order valence-corrected chi connectivity index (χ1v) is 5.77. The maximum atomic E-state index is 6.15. The molecule has 0 fully saturated rings. The van der Waals surface area contributed by atoms with Crippen LogP contribution in [-0.4, -0.2) is 13.1 Å². The van der Waals surface area contributed by atoms with E-state index >= 15 is 0 Å². The quantitative estimate of drug-likeness (QED) is 0.798. The third-order valence-electron chi connectivity index (χ3n) is 2.60. The lowest BCUT2D eigenvalue weighted by atomic mass is 10.0. The summed E-state index contributed by atoms with van der Waals surface area (Å²) in [5, 5.41) is 6.41. The van der Waals surface area contributed by atoms with E-state index in [0.29, 0.717) is 6.54 Å². The Kier molecular flexibility index (Phi) is 3.78. The number of hydrogen-bond donors (Lipinski definition) is 2. The fraction of sp³-hybridized carbons (Fsp3) is 0.231. The van der Waals surface area contributed by atoms with E-state index in [4.69, 9.17) is 17.3 Å². The topological polar surface area (TPSA) is 38.0 Å². The molecule has 0 amide bonds. The largest absolute Gasteiger partial charge is 0.329 e. The van der Waals surface area contributed by atoms with Crippen molar-refractivity contribution in [3.05, 3.63) is 47.0 Å². The summed E-state index contributed by atoms with van der Waals surface area (Å²) in [5.41, 5.74) is 6.70. The molecule has 2 aromatic carbocycles. The molecule has 84 valence electrons. The molecule has 0 saturated carbocycles. The van der Waals surface area contributed by atoms with E-state index in [-0.39, 0.29) is 0 Å². The normalized spacial score (nSPS) is 10.9. The second-order valence-electron chi connectivity index (χ2n) is 3.72. The molecular formula is C13H15ClN2. The van der Waals surface area contributed by atoms with Crippen LogP contribution in [0.25, 0.3) is 10.8 Å². The zero-order valence-corrected chi connectivity index (χ0v) is 9.80. The molecule has 0 aliphatic carbocycles. The van der Waals surface area contributed by atoms with Crippen molar-refractivity contribution in [1.29, 1.82) is 0 Å². The molecule has 0 aliphatic rings. The van der Waals surface area contributed by atoms with Crippen molar-refractivity contribution in [3.8, 4) is 0 Å². The predicted molar refractivity (Wildman–Crippen MR) is 69.7 cm³/mol. The summed E-state index contributed by atoms with van der Waals surface area (Å²) in [4.78, 5) is 0. The van der Waals surface area contributed by atoms with Gasteiger partial charge in [0.15, 0.2) is 0 Å². The van der Waals surface area contributed by atoms with Gasteiger partial charge in [0.05, 0.1) is 0 Å². The average Bonchev–Trinajstić information content (AvgIpc) is 2.31. The first-order chi connectivity index (χ1) is 7.83. The van der Waals surface area contributed by atoms with Gasteiger partial charge in [-0.05, 0) is 17.0 Å². The maximum Gasteiger partial charge on any atom is 0.0484 e. The molecule has 0 aromatic heterocycles. The Morgan fingerprint density at radius 3 is 2.62 bits per heavy atom. The molecule has 0 aliphatic heterocycles. The minimum Gasteiger partial charge on any atom is -0.329 e. The van der Waals surface area contributed by atoms with Gasteiger partial charge >= 0.3 is 0 Å². The SMILES string of the molecule is NCCNCc1cccc2c(Cl)cccc12. The fourth-order valence-corrected chi connectivity index (χ4v) is 2.05. The lowest BCUT2D eigenvalue weighted by molar-refractivity contribution is 0.698. The van der Waals surface area contributed by atoms with Crippen molar-refractivity contribution < 1.29 is 0 Å². The van der Waals surface area contributed by atoms with Gasteiger partial charge in [0.25, 0.3) is 0 Å². The van der Waals surface area contributed by atoms with Crippen molar-refractivity contribution >= 4 is 22.4 Å². The molecule has 2 rings (SSSR count). The first kappa shape index (κ1) is 11.4. The van der Waals surface area contributed by atoms with E-state index in [1.165, 1.54) is 10.9 Å². The predicted octanol–water partition coefficient (Wildman–Crippen LogP) is 2.54. The van der Waals surface area contributed by atoms with Crippen LogP contribution in [0.4, 0.5) is 0 Å². The molecule has 0 bridgehead atoms. The zero-order chi connectivity index (χ0) is 11.4. The number of hydrogen-bond acceptors (Lipinski definition) is 2. The second kappa shape index (κ2) is 5.30. The Bertz CT molecular complexity index is 482. The van der Waals surface area contributed by atoms with Crippen LogP contribution in [0.5, 0.6) is 0 Å². The average molecular weight is 235 g/mol. The Labute approximate surface area is 100 Å². The Balaban J connectivity index is 2.34. The van der Waals surface area contributed by atoms with Gasteiger partial charge in [-0.1, -0.05) is 41.9 Å².